The second-order valence-electron chi connectivity index (χ2n) is 6.17. The smallest absolute Gasteiger partial charge is 0.0879 e. The average Bonchev–Trinajstić information content (AvgIpc) is 1.99. The van der Waals surface area contributed by atoms with E-state index in [0.717, 1.165) is 0 Å². The van der Waals surface area contributed by atoms with Gasteiger partial charge in [-0.05, 0) is 33.1 Å². The number of rotatable bonds is 4. The highest BCUT2D eigenvalue weighted by Crippen LogP contribution is 2.41. The van der Waals surface area contributed by atoms with Gasteiger partial charge in [0, 0.05) is 12.1 Å². The van der Waals surface area contributed by atoms with Crippen LogP contribution in [0.3, 0.4) is 0 Å². The zero-order valence-electron chi connectivity index (χ0n) is 11.3. The monoisotopic (exact) mass is 216 g/mol. The zero-order chi connectivity index (χ0) is 12.5. The second-order valence-corrected chi connectivity index (χ2v) is 6.17. The minimum atomic E-state index is -0.408. The molecule has 0 heterocycles. The molecule has 0 saturated carbocycles. The van der Waals surface area contributed by atoms with Crippen LogP contribution in [0, 0.1) is 5.41 Å². The van der Waals surface area contributed by atoms with E-state index in [1.807, 2.05) is 20.8 Å². The number of hydrogen-bond acceptors (Lipinski definition) is 3. The Bertz CT molecular complexity index is 187. The number of ether oxygens (including phenoxy) is 1. The molecule has 3 nitrogen and oxygen atoms in total. The van der Waals surface area contributed by atoms with Gasteiger partial charge in [0.15, 0.2) is 0 Å². The molecular weight excluding hydrogens is 188 g/mol. The lowest BCUT2D eigenvalue weighted by molar-refractivity contribution is -0.168. The first-order valence-corrected chi connectivity index (χ1v) is 5.62. The fourth-order valence-corrected chi connectivity index (χ4v) is 1.75. The maximum Gasteiger partial charge on any atom is 0.0879 e. The van der Waals surface area contributed by atoms with Crippen molar-refractivity contribution >= 4 is 0 Å². The largest absolute Gasteiger partial charge is 0.369 e. The summed E-state index contributed by atoms with van der Waals surface area (Å²) in [5.74, 6) is 0. The van der Waals surface area contributed by atoms with Crippen molar-refractivity contribution < 1.29 is 4.74 Å². The van der Waals surface area contributed by atoms with E-state index in [1.165, 1.54) is 0 Å². The van der Waals surface area contributed by atoms with Crippen LogP contribution in [-0.4, -0.2) is 23.8 Å². The van der Waals surface area contributed by atoms with Crippen LogP contribution in [-0.2, 0) is 4.74 Å². The highest BCUT2D eigenvalue weighted by atomic mass is 16.5. The first kappa shape index (κ1) is 14.9. The lowest BCUT2D eigenvalue weighted by Crippen LogP contribution is -2.64. The summed E-state index contributed by atoms with van der Waals surface area (Å²) in [6, 6.07) is 0. The minimum absolute atomic E-state index is 0.0250. The van der Waals surface area contributed by atoms with Gasteiger partial charge in [-0.1, -0.05) is 20.8 Å². The average molecular weight is 216 g/mol. The van der Waals surface area contributed by atoms with Crippen LogP contribution in [0.1, 0.15) is 48.5 Å². The van der Waals surface area contributed by atoms with Crippen LogP contribution in [0.5, 0.6) is 0 Å². The topological polar surface area (TPSA) is 61.3 Å². The zero-order valence-corrected chi connectivity index (χ0v) is 11.3. The molecule has 92 valence electrons. The summed E-state index contributed by atoms with van der Waals surface area (Å²) in [7, 11) is 0. The van der Waals surface area contributed by atoms with Crippen LogP contribution >= 0.6 is 0 Å². The molecule has 0 radical (unpaired) electrons. The Balaban J connectivity index is 5.06. The summed E-state index contributed by atoms with van der Waals surface area (Å²) in [6.45, 7) is 15.0. The lowest BCUT2D eigenvalue weighted by atomic mass is 9.67. The highest BCUT2D eigenvalue weighted by Gasteiger charge is 2.49. The Morgan fingerprint density at radius 3 is 1.67 bits per heavy atom. The molecule has 0 aliphatic rings. The third kappa shape index (κ3) is 3.16. The van der Waals surface area contributed by atoms with Crippen molar-refractivity contribution in [2.45, 2.75) is 65.7 Å². The molecule has 0 aliphatic carbocycles. The fraction of sp³-hybridized carbons (Fsp3) is 1.00. The predicted molar refractivity (Wildman–Crippen MR) is 65.7 cm³/mol. The van der Waals surface area contributed by atoms with Crippen LogP contribution in [0.25, 0.3) is 0 Å². The van der Waals surface area contributed by atoms with Gasteiger partial charge in [0.1, 0.15) is 0 Å². The van der Waals surface area contributed by atoms with Crippen molar-refractivity contribution in [1.82, 2.24) is 0 Å². The van der Waals surface area contributed by atoms with Crippen LogP contribution in [0.2, 0.25) is 0 Å². The van der Waals surface area contributed by atoms with Gasteiger partial charge in [0.25, 0.3) is 0 Å². The molecule has 0 aromatic rings. The molecular formula is C12H28N2O. The first-order valence-electron chi connectivity index (χ1n) is 5.62. The molecule has 0 aromatic heterocycles. The lowest BCUT2D eigenvalue weighted by Gasteiger charge is -2.51. The standard InChI is InChI=1S/C12H28N2O/c1-9(8-13)15-12(7,10(2,3)4)11(5,6)14/h9H,8,13-14H2,1-7H3. The predicted octanol–water partition coefficient (Wildman–Crippen LogP) is 1.89. The van der Waals surface area contributed by atoms with Crippen molar-refractivity contribution in [3.05, 3.63) is 0 Å². The van der Waals surface area contributed by atoms with Crippen molar-refractivity contribution in [3.8, 4) is 0 Å². The van der Waals surface area contributed by atoms with Gasteiger partial charge in [0.2, 0.25) is 0 Å². The molecule has 15 heavy (non-hydrogen) atoms. The third-order valence-corrected chi connectivity index (χ3v) is 3.43. The van der Waals surface area contributed by atoms with Gasteiger partial charge in [-0.2, -0.15) is 0 Å². The molecule has 0 saturated heterocycles. The van der Waals surface area contributed by atoms with Crippen LogP contribution in [0.4, 0.5) is 0 Å². The minimum Gasteiger partial charge on any atom is -0.369 e. The van der Waals surface area contributed by atoms with E-state index in [4.69, 9.17) is 16.2 Å². The molecule has 0 aromatic carbocycles. The van der Waals surface area contributed by atoms with Crippen LogP contribution in [0.15, 0.2) is 0 Å². The first-order chi connectivity index (χ1) is 6.45. The summed E-state index contributed by atoms with van der Waals surface area (Å²) in [4.78, 5) is 0. The SMILES string of the molecule is CC(CN)OC(C)(C(C)(C)C)C(C)(C)N. The van der Waals surface area contributed by atoms with Crippen molar-refractivity contribution in [2.24, 2.45) is 16.9 Å². The van der Waals surface area contributed by atoms with Crippen molar-refractivity contribution in [3.63, 3.8) is 0 Å². The summed E-state index contributed by atoms with van der Waals surface area (Å²) >= 11 is 0. The number of nitrogens with two attached hydrogens (primary N) is 2. The molecule has 2 atom stereocenters. The Kier molecular flexibility index (Phi) is 4.36. The third-order valence-electron chi connectivity index (χ3n) is 3.43. The summed E-state index contributed by atoms with van der Waals surface area (Å²) in [5.41, 5.74) is 11.0. The Morgan fingerprint density at radius 2 is 1.47 bits per heavy atom. The molecule has 0 rings (SSSR count). The van der Waals surface area contributed by atoms with Gasteiger partial charge < -0.3 is 16.2 Å². The molecule has 0 fully saturated rings. The van der Waals surface area contributed by atoms with Gasteiger partial charge in [-0.25, -0.2) is 0 Å². The van der Waals surface area contributed by atoms with Crippen molar-refractivity contribution in [2.75, 3.05) is 6.54 Å². The van der Waals surface area contributed by atoms with E-state index in [-0.39, 0.29) is 11.5 Å². The molecule has 0 aliphatic heterocycles. The van der Waals surface area contributed by atoms with Gasteiger partial charge in [0.05, 0.1) is 11.7 Å². The van der Waals surface area contributed by atoms with Crippen molar-refractivity contribution in [1.29, 1.82) is 0 Å². The van der Waals surface area contributed by atoms with Crippen LogP contribution < -0.4 is 11.5 Å². The maximum absolute atomic E-state index is 6.24. The van der Waals surface area contributed by atoms with E-state index in [0.29, 0.717) is 6.54 Å². The fourth-order valence-electron chi connectivity index (χ4n) is 1.75. The summed E-state index contributed by atoms with van der Waals surface area (Å²) in [5, 5.41) is 0. The van der Waals surface area contributed by atoms with E-state index < -0.39 is 11.1 Å². The summed E-state index contributed by atoms with van der Waals surface area (Å²) in [6.07, 6.45) is 0.0250. The van der Waals surface area contributed by atoms with E-state index in [9.17, 15) is 0 Å². The normalized spacial score (nSPS) is 19.8. The summed E-state index contributed by atoms with van der Waals surface area (Å²) < 4.78 is 6.07. The molecule has 0 amide bonds. The maximum atomic E-state index is 6.24. The molecule has 0 bridgehead atoms. The highest BCUT2D eigenvalue weighted by molar-refractivity contribution is 5.03. The number of hydrogen-bond donors (Lipinski definition) is 2. The Morgan fingerprint density at radius 1 is 1.07 bits per heavy atom. The van der Waals surface area contributed by atoms with Gasteiger partial charge in [-0.3, -0.25) is 0 Å². The van der Waals surface area contributed by atoms with Gasteiger partial charge in [-0.15, -0.1) is 0 Å². The Labute approximate surface area is 94.5 Å². The molecule has 0 spiro atoms. The molecule has 2 unspecified atom stereocenters. The van der Waals surface area contributed by atoms with E-state index in [1.54, 1.807) is 0 Å². The van der Waals surface area contributed by atoms with E-state index in [2.05, 4.69) is 27.7 Å². The quantitative estimate of drug-likeness (QED) is 0.754. The molecule has 4 N–H and O–H groups in total. The second kappa shape index (κ2) is 4.40. The Hall–Kier alpha value is -0.120. The van der Waals surface area contributed by atoms with E-state index >= 15 is 0 Å². The van der Waals surface area contributed by atoms with Gasteiger partial charge >= 0.3 is 0 Å². The molecule has 3 heteroatoms.